The Bertz CT molecular complexity index is 526. The summed E-state index contributed by atoms with van der Waals surface area (Å²) in [6, 6.07) is 17.1. The molecule has 0 radical (unpaired) electrons. The molecule has 2 aromatic rings. The number of rotatable bonds is 4. The summed E-state index contributed by atoms with van der Waals surface area (Å²) in [6.45, 7) is 5.71. The van der Waals surface area contributed by atoms with Crippen LogP contribution in [-0.2, 0) is 16.0 Å². The molecule has 118 valence electrons. The summed E-state index contributed by atoms with van der Waals surface area (Å²) < 4.78 is 5.16. The zero-order valence-electron chi connectivity index (χ0n) is 13.5. The second-order valence-corrected chi connectivity index (χ2v) is 5.18. The van der Waals surface area contributed by atoms with E-state index in [-0.39, 0.29) is 12.1 Å². The predicted molar refractivity (Wildman–Crippen MR) is 88.8 cm³/mol. The van der Waals surface area contributed by atoms with Crippen molar-refractivity contribution in [3.8, 4) is 5.75 Å². The zero-order chi connectivity index (χ0) is 16.4. The molecule has 1 N–H and O–H groups in total. The highest BCUT2D eigenvalue weighted by Gasteiger charge is 2.07. The number of carbonyl (C=O) groups excluding carboxylic acids is 1. The summed E-state index contributed by atoms with van der Waals surface area (Å²) in [5, 5.41) is 8.76. The summed E-state index contributed by atoms with van der Waals surface area (Å²) in [5.74, 6) is 0.198. The van der Waals surface area contributed by atoms with Gasteiger partial charge in [-0.05, 0) is 31.5 Å². The fourth-order valence-corrected chi connectivity index (χ4v) is 1.84. The Morgan fingerprint density at radius 3 is 2.18 bits per heavy atom. The van der Waals surface area contributed by atoms with Gasteiger partial charge in [0.2, 0.25) is 0 Å². The van der Waals surface area contributed by atoms with E-state index >= 15 is 0 Å². The molecule has 0 aliphatic rings. The van der Waals surface area contributed by atoms with Gasteiger partial charge in [-0.1, -0.05) is 55.0 Å². The van der Waals surface area contributed by atoms with Crippen LogP contribution in [0.2, 0.25) is 0 Å². The monoisotopic (exact) mass is 300 g/mol. The molecule has 1 atom stereocenters. The van der Waals surface area contributed by atoms with Gasteiger partial charge in [0.15, 0.2) is 0 Å². The Morgan fingerprint density at radius 2 is 1.68 bits per heavy atom. The van der Waals surface area contributed by atoms with E-state index in [1.165, 1.54) is 11.1 Å². The number of phenols is 1. The van der Waals surface area contributed by atoms with Crippen molar-refractivity contribution in [1.82, 2.24) is 0 Å². The van der Waals surface area contributed by atoms with Crippen LogP contribution < -0.4 is 0 Å². The van der Waals surface area contributed by atoms with Crippen molar-refractivity contribution in [3.05, 3.63) is 65.7 Å². The minimum atomic E-state index is -0.131. The molecule has 0 saturated carbocycles. The molecular weight excluding hydrogens is 276 g/mol. The van der Waals surface area contributed by atoms with Gasteiger partial charge in [0.1, 0.15) is 11.9 Å². The molecule has 3 heteroatoms. The number of esters is 1. The normalized spacial score (nSPS) is 11.0. The van der Waals surface area contributed by atoms with Crippen LogP contribution in [0, 0.1) is 6.92 Å². The van der Waals surface area contributed by atoms with Gasteiger partial charge >= 0.3 is 5.97 Å². The van der Waals surface area contributed by atoms with Crippen molar-refractivity contribution in [2.75, 3.05) is 0 Å². The lowest BCUT2D eigenvalue weighted by molar-refractivity contribution is -0.147. The summed E-state index contributed by atoms with van der Waals surface area (Å²) in [5.41, 5.74) is 2.37. The Morgan fingerprint density at radius 1 is 1.09 bits per heavy atom. The summed E-state index contributed by atoms with van der Waals surface area (Å²) in [7, 11) is 0. The molecule has 0 bridgehead atoms. The van der Waals surface area contributed by atoms with E-state index in [1.807, 2.05) is 56.3 Å². The molecule has 0 aliphatic heterocycles. The van der Waals surface area contributed by atoms with E-state index < -0.39 is 0 Å². The van der Waals surface area contributed by atoms with E-state index in [0.717, 1.165) is 6.42 Å². The number of ether oxygens (including phenoxy) is 1. The lowest BCUT2D eigenvalue weighted by atomic mass is 10.1. The first kappa shape index (κ1) is 17.8. The van der Waals surface area contributed by atoms with Gasteiger partial charge in [-0.25, -0.2) is 0 Å². The molecule has 0 amide bonds. The first-order chi connectivity index (χ1) is 10.5. The second-order valence-electron chi connectivity index (χ2n) is 5.18. The first-order valence-corrected chi connectivity index (χ1v) is 7.50. The molecule has 0 heterocycles. The summed E-state index contributed by atoms with van der Waals surface area (Å²) in [4.78, 5) is 11.0. The molecule has 0 saturated heterocycles. The van der Waals surface area contributed by atoms with E-state index in [2.05, 4.69) is 0 Å². The van der Waals surface area contributed by atoms with Gasteiger partial charge in [0.05, 0.1) is 0 Å². The van der Waals surface area contributed by atoms with Crippen LogP contribution in [0.15, 0.2) is 54.6 Å². The standard InChI is InChI=1S/C12H16O2.C7H8O/c1-3-12(13)14-10(2)9-11-7-5-4-6-8-11;1-6-2-4-7(8)5-3-6/h4-8,10H,3,9H2,1-2H3;2-5,8H,1H3. The molecular formula is C19H24O3. The van der Waals surface area contributed by atoms with Gasteiger partial charge < -0.3 is 9.84 Å². The molecule has 0 aromatic heterocycles. The van der Waals surface area contributed by atoms with Crippen LogP contribution in [0.5, 0.6) is 5.75 Å². The maximum atomic E-state index is 11.0. The molecule has 0 aliphatic carbocycles. The second kappa shape index (κ2) is 9.61. The number of hydrogen-bond donors (Lipinski definition) is 1. The highest BCUT2D eigenvalue weighted by molar-refractivity contribution is 5.69. The van der Waals surface area contributed by atoms with Gasteiger partial charge in [0.25, 0.3) is 0 Å². The van der Waals surface area contributed by atoms with E-state index in [0.29, 0.717) is 12.2 Å². The average Bonchev–Trinajstić information content (AvgIpc) is 2.51. The van der Waals surface area contributed by atoms with Crippen LogP contribution in [0.3, 0.4) is 0 Å². The molecule has 1 unspecified atom stereocenters. The molecule has 3 nitrogen and oxygen atoms in total. The van der Waals surface area contributed by atoms with Gasteiger partial charge in [-0.2, -0.15) is 0 Å². The maximum absolute atomic E-state index is 11.0. The topological polar surface area (TPSA) is 46.5 Å². The number of hydrogen-bond acceptors (Lipinski definition) is 3. The fraction of sp³-hybridized carbons (Fsp3) is 0.316. The number of benzene rings is 2. The minimum absolute atomic E-state index is 0.0372. The van der Waals surface area contributed by atoms with E-state index in [1.54, 1.807) is 19.1 Å². The molecule has 0 fully saturated rings. The fourth-order valence-electron chi connectivity index (χ4n) is 1.84. The van der Waals surface area contributed by atoms with Gasteiger partial charge in [-0.3, -0.25) is 4.79 Å². The quantitative estimate of drug-likeness (QED) is 0.858. The third-order valence-corrected chi connectivity index (χ3v) is 3.02. The largest absolute Gasteiger partial charge is 0.508 e. The van der Waals surface area contributed by atoms with Crippen LogP contribution in [0.1, 0.15) is 31.4 Å². The van der Waals surface area contributed by atoms with Crippen molar-refractivity contribution in [3.63, 3.8) is 0 Å². The van der Waals surface area contributed by atoms with Gasteiger partial charge in [-0.15, -0.1) is 0 Å². The maximum Gasteiger partial charge on any atom is 0.305 e. The highest BCUT2D eigenvalue weighted by atomic mass is 16.5. The SMILES string of the molecule is CCC(=O)OC(C)Cc1ccccc1.Cc1ccc(O)cc1. The van der Waals surface area contributed by atoms with Gasteiger partial charge in [0, 0.05) is 12.8 Å². The number of aryl methyl sites for hydroxylation is 1. The van der Waals surface area contributed by atoms with Crippen molar-refractivity contribution in [2.45, 2.75) is 39.7 Å². The number of aromatic hydroxyl groups is 1. The molecule has 2 aromatic carbocycles. The van der Waals surface area contributed by atoms with Crippen LogP contribution in [-0.4, -0.2) is 17.2 Å². The third kappa shape index (κ3) is 7.48. The van der Waals surface area contributed by atoms with Crippen LogP contribution >= 0.6 is 0 Å². The molecule has 0 spiro atoms. The van der Waals surface area contributed by atoms with E-state index in [4.69, 9.17) is 9.84 Å². The number of phenolic OH excluding ortho intramolecular Hbond substituents is 1. The molecule has 22 heavy (non-hydrogen) atoms. The van der Waals surface area contributed by atoms with Crippen molar-refractivity contribution >= 4 is 5.97 Å². The summed E-state index contributed by atoms with van der Waals surface area (Å²) in [6.07, 6.45) is 1.19. The lowest BCUT2D eigenvalue weighted by Crippen LogP contribution is -2.16. The zero-order valence-corrected chi connectivity index (χ0v) is 13.5. The average molecular weight is 300 g/mol. The molecule has 2 rings (SSSR count). The Labute approximate surface area is 132 Å². The van der Waals surface area contributed by atoms with Crippen molar-refractivity contribution < 1.29 is 14.6 Å². The number of carbonyl (C=O) groups is 1. The van der Waals surface area contributed by atoms with E-state index in [9.17, 15) is 4.79 Å². The van der Waals surface area contributed by atoms with Crippen LogP contribution in [0.25, 0.3) is 0 Å². The summed E-state index contributed by atoms with van der Waals surface area (Å²) >= 11 is 0. The Kier molecular flexibility index (Phi) is 7.76. The minimum Gasteiger partial charge on any atom is -0.508 e. The highest BCUT2D eigenvalue weighted by Crippen LogP contribution is 2.07. The van der Waals surface area contributed by atoms with Crippen molar-refractivity contribution in [2.24, 2.45) is 0 Å². The smallest absolute Gasteiger partial charge is 0.305 e. The van der Waals surface area contributed by atoms with Crippen molar-refractivity contribution in [1.29, 1.82) is 0 Å². The predicted octanol–water partition coefficient (Wildman–Crippen LogP) is 4.27. The Hall–Kier alpha value is -2.29. The third-order valence-electron chi connectivity index (χ3n) is 3.02. The van der Waals surface area contributed by atoms with Crippen LogP contribution in [0.4, 0.5) is 0 Å². The first-order valence-electron chi connectivity index (χ1n) is 7.50. The Balaban J connectivity index is 0.000000255. The lowest BCUT2D eigenvalue weighted by Gasteiger charge is -2.12.